The zero-order valence-corrected chi connectivity index (χ0v) is 20.1. The number of rotatable bonds is 16. The molecule has 3 nitrogen and oxygen atoms in total. The second-order valence-corrected chi connectivity index (χ2v) is 9.93. The second kappa shape index (κ2) is 14.5. The normalized spacial score (nSPS) is 11.7. The van der Waals surface area contributed by atoms with Crippen LogP contribution in [0.25, 0.3) is 0 Å². The van der Waals surface area contributed by atoms with Crippen LogP contribution in [0.3, 0.4) is 0 Å². The van der Waals surface area contributed by atoms with Crippen LogP contribution in [0.4, 0.5) is 0 Å². The lowest BCUT2D eigenvalue weighted by Gasteiger charge is -2.22. The number of hydrogen-bond donors (Lipinski definition) is 2. The number of carboxylic acids is 1. The summed E-state index contributed by atoms with van der Waals surface area (Å²) in [6.07, 6.45) is 19.1. The molecule has 0 aliphatic heterocycles. The van der Waals surface area contributed by atoms with Crippen LogP contribution < -0.4 is 0 Å². The molecule has 0 amide bonds. The number of aromatic hydroxyl groups is 1. The van der Waals surface area contributed by atoms with Gasteiger partial charge in [0.1, 0.15) is 5.75 Å². The largest absolute Gasteiger partial charge is 0.508 e. The quantitative estimate of drug-likeness (QED) is 0.265. The Hall–Kier alpha value is -1.51. The maximum Gasteiger partial charge on any atom is 0.335 e. The summed E-state index contributed by atoms with van der Waals surface area (Å²) in [5, 5.41) is 19.9. The fraction of sp³-hybridized carbons (Fsp3) is 0.741. The molecule has 0 saturated heterocycles. The third-order valence-corrected chi connectivity index (χ3v) is 6.06. The average Bonchev–Trinajstić information content (AvgIpc) is 2.67. The van der Waals surface area contributed by atoms with Gasteiger partial charge in [-0.25, -0.2) is 4.79 Å². The van der Waals surface area contributed by atoms with E-state index >= 15 is 0 Å². The van der Waals surface area contributed by atoms with Crippen molar-refractivity contribution in [3.05, 3.63) is 28.8 Å². The summed E-state index contributed by atoms with van der Waals surface area (Å²) in [5.74, 6) is -0.686. The Bertz CT molecular complexity index is 613. The molecule has 172 valence electrons. The van der Waals surface area contributed by atoms with Crippen LogP contribution in [-0.4, -0.2) is 16.2 Å². The average molecular weight is 419 g/mol. The second-order valence-electron chi connectivity index (χ2n) is 9.93. The minimum Gasteiger partial charge on any atom is -0.508 e. The molecule has 0 atom stereocenters. The van der Waals surface area contributed by atoms with Crippen molar-refractivity contribution in [2.45, 2.75) is 129 Å². The number of phenolic OH excluding ortho intramolecular Hbond substituents is 1. The van der Waals surface area contributed by atoms with Crippen molar-refractivity contribution in [3.8, 4) is 5.75 Å². The Morgan fingerprint density at radius 1 is 0.767 bits per heavy atom. The van der Waals surface area contributed by atoms with Crippen LogP contribution in [0.1, 0.15) is 139 Å². The number of carboxylic acid groups (broad SMARTS) is 1. The van der Waals surface area contributed by atoms with Crippen molar-refractivity contribution in [2.24, 2.45) is 0 Å². The Morgan fingerprint density at radius 2 is 1.20 bits per heavy atom. The lowest BCUT2D eigenvalue weighted by atomic mass is 9.83. The number of aryl methyl sites for hydroxylation is 1. The Morgan fingerprint density at radius 3 is 1.60 bits per heavy atom. The molecular formula is C27H46O3. The fourth-order valence-electron chi connectivity index (χ4n) is 4.15. The van der Waals surface area contributed by atoms with E-state index in [1.165, 1.54) is 77.0 Å². The highest BCUT2D eigenvalue weighted by Gasteiger charge is 2.22. The molecule has 0 spiro atoms. The van der Waals surface area contributed by atoms with Gasteiger partial charge in [-0.3, -0.25) is 0 Å². The molecule has 30 heavy (non-hydrogen) atoms. The van der Waals surface area contributed by atoms with E-state index < -0.39 is 5.97 Å². The summed E-state index contributed by atoms with van der Waals surface area (Å²) < 4.78 is 0. The molecular weight excluding hydrogens is 372 g/mol. The molecule has 0 bridgehead atoms. The van der Waals surface area contributed by atoms with Gasteiger partial charge in [-0.05, 0) is 36.0 Å². The summed E-state index contributed by atoms with van der Waals surface area (Å²) >= 11 is 0. The molecule has 1 rings (SSSR count). The highest BCUT2D eigenvalue weighted by atomic mass is 16.4. The third kappa shape index (κ3) is 10.5. The van der Waals surface area contributed by atoms with Crippen LogP contribution >= 0.6 is 0 Å². The molecule has 0 heterocycles. The first-order valence-corrected chi connectivity index (χ1v) is 12.4. The number of aromatic carboxylic acids is 1. The first kappa shape index (κ1) is 26.5. The Labute approximate surface area is 185 Å². The van der Waals surface area contributed by atoms with E-state index in [-0.39, 0.29) is 11.2 Å². The summed E-state index contributed by atoms with van der Waals surface area (Å²) in [7, 11) is 0. The summed E-state index contributed by atoms with van der Waals surface area (Å²) in [4.78, 5) is 11.7. The lowest BCUT2D eigenvalue weighted by molar-refractivity contribution is 0.0695. The smallest absolute Gasteiger partial charge is 0.335 e. The van der Waals surface area contributed by atoms with Crippen LogP contribution in [-0.2, 0) is 11.8 Å². The van der Waals surface area contributed by atoms with Gasteiger partial charge in [0.15, 0.2) is 0 Å². The van der Waals surface area contributed by atoms with Crippen LogP contribution in [0.15, 0.2) is 12.1 Å². The van der Waals surface area contributed by atoms with Crippen LogP contribution in [0, 0.1) is 0 Å². The van der Waals surface area contributed by atoms with E-state index in [1.54, 1.807) is 12.1 Å². The Balaban J connectivity index is 2.21. The van der Waals surface area contributed by atoms with Crippen molar-refractivity contribution in [1.29, 1.82) is 0 Å². The van der Waals surface area contributed by atoms with E-state index in [0.717, 1.165) is 24.8 Å². The number of unbranched alkanes of at least 4 members (excludes halogenated alkanes) is 13. The van der Waals surface area contributed by atoms with Crippen molar-refractivity contribution in [2.75, 3.05) is 0 Å². The lowest BCUT2D eigenvalue weighted by Crippen LogP contribution is -2.14. The minimum absolute atomic E-state index is 0.216. The number of hydrogen-bond acceptors (Lipinski definition) is 2. The van der Waals surface area contributed by atoms with Gasteiger partial charge in [0.25, 0.3) is 0 Å². The topological polar surface area (TPSA) is 57.5 Å². The van der Waals surface area contributed by atoms with Crippen molar-refractivity contribution < 1.29 is 15.0 Å². The monoisotopic (exact) mass is 418 g/mol. The van der Waals surface area contributed by atoms with Gasteiger partial charge in [0.05, 0.1) is 5.56 Å². The zero-order valence-electron chi connectivity index (χ0n) is 20.1. The SMILES string of the molecule is CCCCCCCCCCCCCCCCc1cc(O)c(C(C)(C)C)cc1C(=O)O. The van der Waals surface area contributed by atoms with Crippen LogP contribution in [0.2, 0.25) is 0 Å². The van der Waals surface area contributed by atoms with Gasteiger partial charge in [0.2, 0.25) is 0 Å². The molecule has 0 aliphatic carbocycles. The predicted molar refractivity (Wildman–Crippen MR) is 128 cm³/mol. The summed E-state index contributed by atoms with van der Waals surface area (Å²) in [6, 6.07) is 3.34. The molecule has 3 heteroatoms. The molecule has 0 saturated carbocycles. The highest BCUT2D eigenvalue weighted by Crippen LogP contribution is 2.33. The summed E-state index contributed by atoms with van der Waals surface area (Å²) in [5.41, 5.74) is 1.52. The molecule has 1 aromatic rings. The van der Waals surface area contributed by atoms with Crippen LogP contribution in [0.5, 0.6) is 5.75 Å². The third-order valence-electron chi connectivity index (χ3n) is 6.06. The van der Waals surface area contributed by atoms with E-state index in [4.69, 9.17) is 0 Å². The molecule has 0 aromatic heterocycles. The minimum atomic E-state index is -0.902. The first-order chi connectivity index (χ1) is 14.3. The molecule has 0 unspecified atom stereocenters. The standard InChI is InChI=1S/C27H46O3/c1-5-6-7-8-9-10-11-12-13-14-15-16-17-18-19-22-20-25(28)24(27(2,3)4)21-23(22)26(29)30/h20-21,28H,5-19H2,1-4H3,(H,29,30). The molecule has 1 aromatic carbocycles. The van der Waals surface area contributed by atoms with E-state index in [2.05, 4.69) is 6.92 Å². The van der Waals surface area contributed by atoms with Gasteiger partial charge in [-0.1, -0.05) is 111 Å². The molecule has 2 N–H and O–H groups in total. The Kier molecular flexibility index (Phi) is 12.8. The maximum atomic E-state index is 11.7. The first-order valence-electron chi connectivity index (χ1n) is 12.4. The maximum absolute atomic E-state index is 11.7. The highest BCUT2D eigenvalue weighted by molar-refractivity contribution is 5.90. The van der Waals surface area contributed by atoms with E-state index in [9.17, 15) is 15.0 Å². The number of carbonyl (C=O) groups is 1. The molecule has 0 radical (unpaired) electrons. The van der Waals surface area contributed by atoms with E-state index in [0.29, 0.717) is 11.1 Å². The number of benzene rings is 1. The van der Waals surface area contributed by atoms with Crippen molar-refractivity contribution >= 4 is 5.97 Å². The molecule has 0 aliphatic rings. The van der Waals surface area contributed by atoms with Gasteiger partial charge >= 0.3 is 5.97 Å². The van der Waals surface area contributed by atoms with Crippen molar-refractivity contribution in [3.63, 3.8) is 0 Å². The fourth-order valence-corrected chi connectivity index (χ4v) is 4.15. The van der Waals surface area contributed by atoms with Crippen molar-refractivity contribution in [1.82, 2.24) is 0 Å². The van der Waals surface area contributed by atoms with Gasteiger partial charge in [-0.2, -0.15) is 0 Å². The van der Waals surface area contributed by atoms with Gasteiger partial charge in [0, 0.05) is 5.56 Å². The predicted octanol–water partition coefficient (Wildman–Crippen LogP) is 8.41. The van der Waals surface area contributed by atoms with E-state index in [1.807, 2.05) is 20.8 Å². The summed E-state index contributed by atoms with van der Waals surface area (Å²) in [6.45, 7) is 8.23. The molecule has 0 fully saturated rings. The van der Waals surface area contributed by atoms with Gasteiger partial charge < -0.3 is 10.2 Å². The number of phenols is 1. The zero-order chi connectivity index (χ0) is 22.4. The van der Waals surface area contributed by atoms with Gasteiger partial charge in [-0.15, -0.1) is 0 Å².